The molecule has 0 aliphatic rings. The molecule has 0 amide bonds. The van der Waals surface area contributed by atoms with Crippen LogP contribution in [0.4, 0.5) is 0 Å². The summed E-state index contributed by atoms with van der Waals surface area (Å²) in [5.74, 6) is -0.446. The van der Waals surface area contributed by atoms with E-state index in [4.69, 9.17) is 4.74 Å². The van der Waals surface area contributed by atoms with Gasteiger partial charge in [-0.1, -0.05) is 0 Å². The molecule has 0 radical (unpaired) electrons. The van der Waals surface area contributed by atoms with Crippen LogP contribution in [0.5, 0.6) is 0 Å². The summed E-state index contributed by atoms with van der Waals surface area (Å²) in [4.78, 5) is 24.1. The molecule has 2 heterocycles. The fourth-order valence-electron chi connectivity index (χ4n) is 1.91. The monoisotopic (exact) mass is 251 g/mol. The van der Waals surface area contributed by atoms with Crippen molar-refractivity contribution in [2.45, 2.75) is 13.8 Å². The summed E-state index contributed by atoms with van der Waals surface area (Å²) in [7, 11) is 1.77. The van der Waals surface area contributed by atoms with E-state index in [0.717, 1.165) is 21.4 Å². The maximum atomic E-state index is 11.8. The smallest absolute Gasteiger partial charge is 0.355 e. The molecular formula is C12H13NO3S. The molecule has 90 valence electrons. The SMILES string of the molecule is CCOC(=O)c1c(C=O)c2sc(C)cc2n1C. The number of hydrogen-bond acceptors (Lipinski definition) is 4. The van der Waals surface area contributed by atoms with Crippen molar-refractivity contribution >= 4 is 33.8 Å². The molecule has 2 aromatic rings. The fourth-order valence-corrected chi connectivity index (χ4v) is 2.95. The Labute approximate surface area is 103 Å². The van der Waals surface area contributed by atoms with Crippen molar-refractivity contribution in [2.75, 3.05) is 6.61 Å². The Morgan fingerprint density at radius 2 is 2.29 bits per heavy atom. The Balaban J connectivity index is 2.70. The van der Waals surface area contributed by atoms with Gasteiger partial charge >= 0.3 is 5.97 Å². The van der Waals surface area contributed by atoms with Crippen LogP contribution in [0.1, 0.15) is 32.6 Å². The lowest BCUT2D eigenvalue weighted by molar-refractivity contribution is 0.0513. The highest BCUT2D eigenvalue weighted by Crippen LogP contribution is 2.32. The number of carbonyl (C=O) groups is 2. The number of ether oxygens (including phenoxy) is 1. The van der Waals surface area contributed by atoms with Crippen LogP contribution in [0.2, 0.25) is 0 Å². The van der Waals surface area contributed by atoms with Gasteiger partial charge in [0.15, 0.2) is 6.29 Å². The molecule has 2 aromatic heterocycles. The number of nitrogens with zero attached hydrogens (tertiary/aromatic N) is 1. The highest BCUT2D eigenvalue weighted by Gasteiger charge is 2.23. The number of aryl methyl sites for hydroxylation is 2. The van der Waals surface area contributed by atoms with E-state index in [1.165, 1.54) is 11.3 Å². The first-order valence-corrected chi connectivity index (χ1v) is 6.12. The minimum atomic E-state index is -0.446. The second kappa shape index (κ2) is 4.33. The van der Waals surface area contributed by atoms with Crippen LogP contribution in [0.3, 0.4) is 0 Å². The Morgan fingerprint density at radius 1 is 1.59 bits per heavy atom. The van der Waals surface area contributed by atoms with E-state index < -0.39 is 5.97 Å². The predicted molar refractivity (Wildman–Crippen MR) is 66.9 cm³/mol. The molecule has 0 atom stereocenters. The van der Waals surface area contributed by atoms with Gasteiger partial charge < -0.3 is 9.30 Å². The second-order valence-electron chi connectivity index (χ2n) is 3.73. The molecule has 0 N–H and O–H groups in total. The Hall–Kier alpha value is -1.62. The normalized spacial score (nSPS) is 10.8. The van der Waals surface area contributed by atoms with Crippen LogP contribution in [-0.2, 0) is 11.8 Å². The molecule has 0 aliphatic heterocycles. The predicted octanol–water partition coefficient (Wildman–Crippen LogP) is 2.54. The number of carbonyl (C=O) groups excluding carboxylic acids is 2. The number of aromatic nitrogens is 1. The number of esters is 1. The summed E-state index contributed by atoms with van der Waals surface area (Å²) in [6.07, 6.45) is 0.727. The van der Waals surface area contributed by atoms with Gasteiger partial charge in [-0.25, -0.2) is 4.79 Å². The second-order valence-corrected chi connectivity index (χ2v) is 4.99. The van der Waals surface area contributed by atoms with Crippen molar-refractivity contribution in [3.63, 3.8) is 0 Å². The van der Waals surface area contributed by atoms with E-state index in [2.05, 4.69) is 0 Å². The van der Waals surface area contributed by atoms with Crippen molar-refractivity contribution in [3.8, 4) is 0 Å². The van der Waals surface area contributed by atoms with Gasteiger partial charge in [0.2, 0.25) is 0 Å². The van der Waals surface area contributed by atoms with Gasteiger partial charge in [-0.15, -0.1) is 11.3 Å². The molecule has 0 aliphatic carbocycles. The molecular weight excluding hydrogens is 238 g/mol. The summed E-state index contributed by atoms with van der Waals surface area (Å²) in [6.45, 7) is 4.02. The number of fused-ring (bicyclic) bond motifs is 1. The Kier molecular flexibility index (Phi) is 3.02. The molecule has 0 aromatic carbocycles. The van der Waals surface area contributed by atoms with E-state index >= 15 is 0 Å². The van der Waals surface area contributed by atoms with E-state index in [1.807, 2.05) is 13.0 Å². The molecule has 0 fully saturated rings. The minimum Gasteiger partial charge on any atom is -0.461 e. The summed E-state index contributed by atoms with van der Waals surface area (Å²) < 4.78 is 7.54. The van der Waals surface area contributed by atoms with Crippen molar-refractivity contribution in [2.24, 2.45) is 7.05 Å². The standard InChI is InChI=1S/C12H13NO3S/c1-4-16-12(15)10-8(6-14)11-9(13(10)3)5-7(2)17-11/h5-6H,4H2,1-3H3. The van der Waals surface area contributed by atoms with Gasteiger partial charge in [-0.2, -0.15) is 0 Å². The summed E-state index contributed by atoms with van der Waals surface area (Å²) in [5.41, 5.74) is 1.67. The van der Waals surface area contributed by atoms with Crippen molar-refractivity contribution in [3.05, 3.63) is 22.2 Å². The molecule has 0 bridgehead atoms. The minimum absolute atomic E-state index is 0.301. The molecule has 17 heavy (non-hydrogen) atoms. The number of thiophene rings is 1. The maximum Gasteiger partial charge on any atom is 0.355 e. The third-order valence-corrected chi connectivity index (χ3v) is 3.69. The van der Waals surface area contributed by atoms with E-state index in [1.54, 1.807) is 18.5 Å². The third kappa shape index (κ3) is 1.76. The van der Waals surface area contributed by atoms with E-state index in [-0.39, 0.29) is 0 Å². The van der Waals surface area contributed by atoms with Crippen LogP contribution in [0.15, 0.2) is 6.07 Å². The summed E-state index contributed by atoms with van der Waals surface area (Å²) in [5, 5.41) is 0. The van der Waals surface area contributed by atoms with Crippen LogP contribution in [0, 0.1) is 6.92 Å². The topological polar surface area (TPSA) is 48.3 Å². The van der Waals surface area contributed by atoms with Crippen LogP contribution in [-0.4, -0.2) is 23.4 Å². The first-order chi connectivity index (χ1) is 8.10. The highest BCUT2D eigenvalue weighted by atomic mass is 32.1. The molecule has 0 saturated heterocycles. The van der Waals surface area contributed by atoms with E-state index in [9.17, 15) is 9.59 Å². The van der Waals surface area contributed by atoms with Crippen molar-refractivity contribution < 1.29 is 14.3 Å². The molecule has 0 unspecified atom stereocenters. The van der Waals surface area contributed by atoms with Crippen LogP contribution >= 0.6 is 11.3 Å². The first kappa shape index (κ1) is 11.9. The zero-order chi connectivity index (χ0) is 12.6. The lowest BCUT2D eigenvalue weighted by Crippen LogP contribution is -2.12. The zero-order valence-electron chi connectivity index (χ0n) is 9.94. The van der Waals surface area contributed by atoms with Gasteiger partial charge in [0.25, 0.3) is 0 Å². The zero-order valence-corrected chi connectivity index (χ0v) is 10.8. The van der Waals surface area contributed by atoms with Gasteiger partial charge in [0, 0.05) is 11.9 Å². The lowest BCUT2D eigenvalue weighted by atomic mass is 10.2. The van der Waals surface area contributed by atoms with Crippen LogP contribution in [0.25, 0.3) is 10.2 Å². The van der Waals surface area contributed by atoms with E-state index in [0.29, 0.717) is 17.9 Å². The Bertz CT molecular complexity index is 594. The molecule has 5 heteroatoms. The van der Waals surface area contributed by atoms with Crippen LogP contribution < -0.4 is 0 Å². The maximum absolute atomic E-state index is 11.8. The van der Waals surface area contributed by atoms with Gasteiger partial charge in [-0.05, 0) is 19.9 Å². The summed E-state index contributed by atoms with van der Waals surface area (Å²) >= 11 is 1.51. The van der Waals surface area contributed by atoms with Crippen molar-refractivity contribution in [1.82, 2.24) is 4.57 Å². The van der Waals surface area contributed by atoms with Gasteiger partial charge in [-0.3, -0.25) is 4.79 Å². The molecule has 2 rings (SSSR count). The lowest BCUT2D eigenvalue weighted by Gasteiger charge is -2.04. The summed E-state index contributed by atoms with van der Waals surface area (Å²) in [6, 6.07) is 1.97. The molecule has 0 saturated carbocycles. The third-order valence-electron chi connectivity index (χ3n) is 2.62. The Morgan fingerprint density at radius 3 is 2.88 bits per heavy atom. The largest absolute Gasteiger partial charge is 0.461 e. The van der Waals surface area contributed by atoms with Crippen molar-refractivity contribution in [1.29, 1.82) is 0 Å². The van der Waals surface area contributed by atoms with Gasteiger partial charge in [0.05, 0.1) is 22.4 Å². The molecule has 4 nitrogen and oxygen atoms in total. The highest BCUT2D eigenvalue weighted by molar-refractivity contribution is 7.19. The number of aldehydes is 1. The average molecular weight is 251 g/mol. The quantitative estimate of drug-likeness (QED) is 0.622. The number of hydrogen-bond donors (Lipinski definition) is 0. The van der Waals surface area contributed by atoms with Gasteiger partial charge in [0.1, 0.15) is 5.69 Å². The fraction of sp³-hybridized carbons (Fsp3) is 0.333. The number of rotatable bonds is 3. The average Bonchev–Trinajstić information content (AvgIpc) is 2.76. The molecule has 0 spiro atoms. The first-order valence-electron chi connectivity index (χ1n) is 5.31.